The highest BCUT2D eigenvalue weighted by atomic mass is 15.1. The van der Waals surface area contributed by atoms with Gasteiger partial charge in [-0.15, -0.1) is 5.10 Å². The highest BCUT2D eigenvalue weighted by molar-refractivity contribution is 5.92. The molecule has 0 aliphatic carbocycles. The number of nitrogens with two attached hydrogens (primary N) is 1. The molecule has 0 fully saturated rings. The molecule has 13 heavy (non-hydrogen) atoms. The fourth-order valence-electron chi connectivity index (χ4n) is 1.38. The van der Waals surface area contributed by atoms with Crippen LogP contribution in [0.5, 0.6) is 0 Å². The maximum absolute atomic E-state index is 5.88. The minimum absolute atomic E-state index is 0.730. The molecule has 2 N–H and O–H groups in total. The third-order valence-corrected chi connectivity index (χ3v) is 2.22. The van der Waals surface area contributed by atoms with E-state index in [2.05, 4.69) is 10.2 Å². The standard InChI is InChI=1S/C10H11N3/c1-6-4-3-5-8-9(11)7(2)12-13-10(6)8/h3-5H,1-2H3,(H2,11,13). The average molecular weight is 173 g/mol. The zero-order valence-electron chi connectivity index (χ0n) is 7.70. The maximum Gasteiger partial charge on any atom is 0.0979 e. The van der Waals surface area contributed by atoms with Gasteiger partial charge in [-0.3, -0.25) is 0 Å². The first-order valence-electron chi connectivity index (χ1n) is 4.18. The zero-order chi connectivity index (χ0) is 9.42. The van der Waals surface area contributed by atoms with Crippen molar-refractivity contribution in [3.05, 3.63) is 29.5 Å². The number of nitrogens with zero attached hydrogens (tertiary/aromatic N) is 2. The number of anilines is 1. The Morgan fingerprint density at radius 2 is 1.92 bits per heavy atom. The van der Waals surface area contributed by atoms with Crippen molar-refractivity contribution < 1.29 is 0 Å². The van der Waals surface area contributed by atoms with E-state index in [0.29, 0.717) is 0 Å². The van der Waals surface area contributed by atoms with Crippen molar-refractivity contribution in [3.8, 4) is 0 Å². The Balaban J connectivity index is 2.94. The van der Waals surface area contributed by atoms with Crippen LogP contribution in [0.3, 0.4) is 0 Å². The molecule has 0 aliphatic rings. The Kier molecular flexibility index (Phi) is 1.65. The molecule has 1 aromatic carbocycles. The molecule has 0 aliphatic heterocycles. The van der Waals surface area contributed by atoms with E-state index >= 15 is 0 Å². The van der Waals surface area contributed by atoms with Gasteiger partial charge in [-0.25, -0.2) is 0 Å². The molecule has 0 bridgehead atoms. The summed E-state index contributed by atoms with van der Waals surface area (Å²) in [6.07, 6.45) is 0. The summed E-state index contributed by atoms with van der Waals surface area (Å²) in [6, 6.07) is 5.96. The van der Waals surface area contributed by atoms with E-state index in [1.54, 1.807) is 0 Å². The van der Waals surface area contributed by atoms with Crippen LogP contribution in [0.1, 0.15) is 11.3 Å². The lowest BCUT2D eigenvalue weighted by Gasteiger charge is -2.04. The van der Waals surface area contributed by atoms with E-state index < -0.39 is 0 Å². The summed E-state index contributed by atoms with van der Waals surface area (Å²) in [7, 11) is 0. The first-order valence-corrected chi connectivity index (χ1v) is 4.18. The van der Waals surface area contributed by atoms with Crippen LogP contribution in [0.4, 0.5) is 5.69 Å². The number of benzene rings is 1. The van der Waals surface area contributed by atoms with Crippen LogP contribution in [0.25, 0.3) is 10.9 Å². The smallest absolute Gasteiger partial charge is 0.0979 e. The SMILES string of the molecule is Cc1nnc2c(C)cccc2c1N. The summed E-state index contributed by atoms with van der Waals surface area (Å²) in [6.45, 7) is 3.87. The average Bonchev–Trinajstić information content (AvgIpc) is 2.12. The second kappa shape index (κ2) is 2.69. The number of fused-ring (bicyclic) bond motifs is 1. The lowest BCUT2D eigenvalue weighted by atomic mass is 10.1. The molecule has 0 saturated carbocycles. The maximum atomic E-state index is 5.88. The summed E-state index contributed by atoms with van der Waals surface area (Å²) in [5.74, 6) is 0. The van der Waals surface area contributed by atoms with E-state index in [1.807, 2.05) is 32.0 Å². The van der Waals surface area contributed by atoms with Crippen LogP contribution >= 0.6 is 0 Å². The molecule has 2 aromatic rings. The minimum Gasteiger partial charge on any atom is -0.397 e. The Morgan fingerprint density at radius 3 is 2.69 bits per heavy atom. The van der Waals surface area contributed by atoms with Crippen molar-refractivity contribution in [1.82, 2.24) is 10.2 Å². The molecule has 3 heteroatoms. The van der Waals surface area contributed by atoms with E-state index in [4.69, 9.17) is 5.73 Å². The van der Waals surface area contributed by atoms with Crippen molar-refractivity contribution in [3.63, 3.8) is 0 Å². The molecule has 0 radical (unpaired) electrons. The summed E-state index contributed by atoms with van der Waals surface area (Å²) in [5.41, 5.74) is 9.41. The lowest BCUT2D eigenvalue weighted by molar-refractivity contribution is 1.02. The monoisotopic (exact) mass is 173 g/mol. The predicted molar refractivity (Wildman–Crippen MR) is 53.4 cm³/mol. The van der Waals surface area contributed by atoms with E-state index in [9.17, 15) is 0 Å². The van der Waals surface area contributed by atoms with Crippen LogP contribution in [0.15, 0.2) is 18.2 Å². The van der Waals surface area contributed by atoms with Gasteiger partial charge in [0.1, 0.15) is 0 Å². The fourth-order valence-corrected chi connectivity index (χ4v) is 1.38. The topological polar surface area (TPSA) is 51.8 Å². The normalized spacial score (nSPS) is 10.6. The Hall–Kier alpha value is -1.64. The summed E-state index contributed by atoms with van der Waals surface area (Å²) in [5, 5.41) is 9.10. The minimum atomic E-state index is 0.730. The van der Waals surface area contributed by atoms with Crippen LogP contribution < -0.4 is 5.73 Å². The van der Waals surface area contributed by atoms with Gasteiger partial charge in [0.05, 0.1) is 16.9 Å². The number of hydrogen-bond acceptors (Lipinski definition) is 3. The molecule has 0 atom stereocenters. The fraction of sp³-hybridized carbons (Fsp3) is 0.200. The van der Waals surface area contributed by atoms with Gasteiger partial charge in [-0.2, -0.15) is 5.10 Å². The first-order chi connectivity index (χ1) is 6.20. The van der Waals surface area contributed by atoms with Crippen LogP contribution in [0, 0.1) is 13.8 Å². The van der Waals surface area contributed by atoms with Gasteiger partial charge < -0.3 is 5.73 Å². The number of aromatic nitrogens is 2. The van der Waals surface area contributed by atoms with Crippen molar-refractivity contribution in [1.29, 1.82) is 0 Å². The van der Waals surface area contributed by atoms with Crippen molar-refractivity contribution >= 4 is 16.6 Å². The van der Waals surface area contributed by atoms with Crippen LogP contribution in [-0.2, 0) is 0 Å². The van der Waals surface area contributed by atoms with Gasteiger partial charge in [0.15, 0.2) is 0 Å². The first kappa shape index (κ1) is 7.98. The van der Waals surface area contributed by atoms with E-state index in [1.165, 1.54) is 0 Å². The largest absolute Gasteiger partial charge is 0.397 e. The summed E-state index contributed by atoms with van der Waals surface area (Å²) < 4.78 is 0. The van der Waals surface area contributed by atoms with Gasteiger partial charge >= 0.3 is 0 Å². The van der Waals surface area contributed by atoms with Gasteiger partial charge in [0.2, 0.25) is 0 Å². The van der Waals surface area contributed by atoms with E-state index in [-0.39, 0.29) is 0 Å². The molecular weight excluding hydrogens is 162 g/mol. The molecule has 0 saturated heterocycles. The Morgan fingerprint density at radius 1 is 1.15 bits per heavy atom. The van der Waals surface area contributed by atoms with Crippen molar-refractivity contribution in [2.75, 3.05) is 5.73 Å². The Bertz CT molecular complexity index is 463. The van der Waals surface area contributed by atoms with Gasteiger partial charge in [0, 0.05) is 5.39 Å². The molecule has 1 aromatic heterocycles. The molecule has 0 spiro atoms. The van der Waals surface area contributed by atoms with E-state index in [0.717, 1.165) is 27.8 Å². The van der Waals surface area contributed by atoms with Gasteiger partial charge in [0.25, 0.3) is 0 Å². The Labute approximate surface area is 76.6 Å². The summed E-state index contributed by atoms with van der Waals surface area (Å²) >= 11 is 0. The molecule has 1 heterocycles. The predicted octanol–water partition coefficient (Wildman–Crippen LogP) is 1.83. The van der Waals surface area contributed by atoms with Gasteiger partial charge in [-0.05, 0) is 19.4 Å². The van der Waals surface area contributed by atoms with Crippen LogP contribution in [0.2, 0.25) is 0 Å². The molecule has 2 rings (SSSR count). The summed E-state index contributed by atoms with van der Waals surface area (Å²) in [4.78, 5) is 0. The quantitative estimate of drug-likeness (QED) is 0.661. The third kappa shape index (κ3) is 1.13. The highest BCUT2D eigenvalue weighted by Crippen LogP contribution is 2.22. The molecule has 0 amide bonds. The molecule has 0 unspecified atom stereocenters. The zero-order valence-corrected chi connectivity index (χ0v) is 7.70. The number of rotatable bonds is 0. The lowest BCUT2D eigenvalue weighted by Crippen LogP contribution is -1.98. The number of aryl methyl sites for hydroxylation is 2. The second-order valence-electron chi connectivity index (χ2n) is 3.17. The third-order valence-electron chi connectivity index (χ3n) is 2.22. The number of nitrogen functional groups attached to an aromatic ring is 1. The van der Waals surface area contributed by atoms with Crippen molar-refractivity contribution in [2.45, 2.75) is 13.8 Å². The molecule has 3 nitrogen and oxygen atoms in total. The highest BCUT2D eigenvalue weighted by Gasteiger charge is 2.04. The second-order valence-corrected chi connectivity index (χ2v) is 3.17. The molecule has 66 valence electrons. The number of hydrogen-bond donors (Lipinski definition) is 1. The van der Waals surface area contributed by atoms with Crippen LogP contribution in [-0.4, -0.2) is 10.2 Å². The molecular formula is C10H11N3. The van der Waals surface area contributed by atoms with Crippen molar-refractivity contribution in [2.24, 2.45) is 0 Å². The van der Waals surface area contributed by atoms with Gasteiger partial charge in [-0.1, -0.05) is 18.2 Å².